The number of aromatic nitrogens is 4. The lowest BCUT2D eigenvalue weighted by Gasteiger charge is -2.28. The number of ether oxygens (including phenoxy) is 1. The molecule has 3 aromatic rings. The highest BCUT2D eigenvalue weighted by Gasteiger charge is 2.48. The summed E-state index contributed by atoms with van der Waals surface area (Å²) in [5.74, 6) is 0.301. The molecule has 3 aromatic heterocycles. The lowest BCUT2D eigenvalue weighted by molar-refractivity contribution is -0.144. The van der Waals surface area contributed by atoms with Gasteiger partial charge in [0.15, 0.2) is 5.76 Å². The molecule has 0 unspecified atom stereocenters. The van der Waals surface area contributed by atoms with Crippen LogP contribution < -0.4 is 5.32 Å². The van der Waals surface area contributed by atoms with Gasteiger partial charge in [-0.25, -0.2) is 15.0 Å². The molecule has 1 atom stereocenters. The van der Waals surface area contributed by atoms with E-state index in [1.54, 1.807) is 32.5 Å². The molecule has 0 aromatic carbocycles. The lowest BCUT2D eigenvalue weighted by atomic mass is 9.93. The van der Waals surface area contributed by atoms with E-state index in [0.717, 1.165) is 25.7 Å². The summed E-state index contributed by atoms with van der Waals surface area (Å²) in [7, 11) is 3.42. The number of methoxy groups -OCH3 is 1. The normalized spacial score (nSPS) is 25.0. The Bertz CT molecular complexity index is 1180. The minimum atomic E-state index is -1.69. The highest BCUT2D eigenvalue weighted by atomic mass is 16.5. The highest BCUT2D eigenvalue weighted by molar-refractivity contribution is 5.87. The number of nitrogens with one attached hydrogen (secondary N) is 1. The number of amides is 1. The fourth-order valence-electron chi connectivity index (χ4n) is 4.59. The maximum atomic E-state index is 12.4. The number of aliphatic hydroxyl groups is 1. The van der Waals surface area contributed by atoms with E-state index in [1.807, 2.05) is 18.2 Å². The SMILES string of the molecule is COC1CCC(Nc2nccc(-c3cccc(-c4cc([C@]5(O)CCN(C)C5=O)on4)n3)n2)CC1. The summed E-state index contributed by atoms with van der Waals surface area (Å²) in [5.41, 5.74) is 0.648. The second kappa shape index (κ2) is 9.11. The van der Waals surface area contributed by atoms with Crippen LogP contribution in [0.4, 0.5) is 5.95 Å². The zero-order chi connectivity index (χ0) is 23.7. The van der Waals surface area contributed by atoms with Gasteiger partial charge in [-0.1, -0.05) is 11.2 Å². The van der Waals surface area contributed by atoms with E-state index in [2.05, 4.69) is 25.4 Å². The average Bonchev–Trinajstić information content (AvgIpc) is 3.47. The Morgan fingerprint density at radius 3 is 2.56 bits per heavy atom. The van der Waals surface area contributed by atoms with E-state index in [4.69, 9.17) is 9.26 Å². The Hall–Kier alpha value is -3.37. The Balaban J connectivity index is 1.34. The molecule has 0 radical (unpaired) electrons. The lowest BCUT2D eigenvalue weighted by Crippen LogP contribution is -2.35. The standard InChI is InChI=1S/C24H28N6O4/c1-30-13-11-24(32,22(30)31)21-14-20(29-34-21)18-5-3-4-17(27-18)19-10-12-25-23(28-19)26-15-6-8-16(33-2)9-7-15/h3-5,10,12,14-16,32H,6-9,11,13H2,1-2H3,(H,25,26,28)/t15?,16?,24-/m1/s1. The van der Waals surface area contributed by atoms with Crippen LogP contribution in [0.15, 0.2) is 41.1 Å². The van der Waals surface area contributed by atoms with E-state index in [-0.39, 0.29) is 12.2 Å². The van der Waals surface area contributed by atoms with Gasteiger partial charge in [0.2, 0.25) is 11.5 Å². The molecule has 1 amide bonds. The van der Waals surface area contributed by atoms with Crippen LogP contribution in [0, 0.1) is 0 Å². The van der Waals surface area contributed by atoms with Crippen LogP contribution in [-0.2, 0) is 15.1 Å². The molecular weight excluding hydrogens is 436 g/mol. The Labute approximate surface area is 197 Å². The van der Waals surface area contributed by atoms with Gasteiger partial charge >= 0.3 is 0 Å². The molecule has 2 aliphatic rings. The summed E-state index contributed by atoms with van der Waals surface area (Å²) >= 11 is 0. The summed E-state index contributed by atoms with van der Waals surface area (Å²) in [5, 5.41) is 18.3. The Morgan fingerprint density at radius 2 is 1.85 bits per heavy atom. The average molecular weight is 465 g/mol. The van der Waals surface area contributed by atoms with Gasteiger partial charge in [-0.05, 0) is 43.9 Å². The third-order valence-corrected chi connectivity index (χ3v) is 6.70. The number of carbonyl (C=O) groups is 1. The molecule has 1 aliphatic heterocycles. The first kappa shape index (κ1) is 22.4. The van der Waals surface area contributed by atoms with Crippen molar-refractivity contribution in [3.8, 4) is 22.8 Å². The number of anilines is 1. The van der Waals surface area contributed by atoms with Gasteiger partial charge in [0.05, 0.1) is 23.2 Å². The first-order valence-electron chi connectivity index (χ1n) is 11.5. The van der Waals surface area contributed by atoms with Gasteiger partial charge in [-0.3, -0.25) is 4.79 Å². The number of likely N-dealkylation sites (N-methyl/N-ethyl adjacent to an activating group) is 1. The van der Waals surface area contributed by atoms with Gasteiger partial charge in [0.25, 0.3) is 5.91 Å². The molecule has 5 rings (SSSR count). The van der Waals surface area contributed by atoms with Gasteiger partial charge in [0.1, 0.15) is 5.69 Å². The summed E-state index contributed by atoms with van der Waals surface area (Å²) in [4.78, 5) is 27.6. The van der Waals surface area contributed by atoms with E-state index in [0.29, 0.717) is 47.4 Å². The minimum absolute atomic E-state index is 0.126. The molecule has 4 heterocycles. The van der Waals surface area contributed by atoms with Crippen LogP contribution in [0.25, 0.3) is 22.8 Å². The highest BCUT2D eigenvalue weighted by Crippen LogP contribution is 2.34. The fourth-order valence-corrected chi connectivity index (χ4v) is 4.59. The van der Waals surface area contributed by atoms with Crippen molar-refractivity contribution in [3.05, 3.63) is 42.3 Å². The summed E-state index contributed by atoms with van der Waals surface area (Å²) in [6, 6.07) is 9.22. The fraction of sp³-hybridized carbons (Fsp3) is 0.458. The molecule has 10 heteroatoms. The summed E-state index contributed by atoms with van der Waals surface area (Å²) in [6.07, 6.45) is 6.38. The number of carbonyl (C=O) groups excluding carboxylic acids is 1. The van der Waals surface area contributed by atoms with Crippen molar-refractivity contribution in [2.75, 3.05) is 26.0 Å². The predicted molar refractivity (Wildman–Crippen MR) is 124 cm³/mol. The summed E-state index contributed by atoms with van der Waals surface area (Å²) in [6.45, 7) is 0.455. The number of nitrogens with zero attached hydrogens (tertiary/aromatic N) is 5. The molecule has 0 spiro atoms. The van der Waals surface area contributed by atoms with Crippen LogP contribution in [0.2, 0.25) is 0 Å². The first-order valence-corrected chi connectivity index (χ1v) is 11.5. The smallest absolute Gasteiger partial charge is 0.262 e. The number of likely N-dealkylation sites (tertiary alicyclic amines) is 1. The molecule has 2 fully saturated rings. The van der Waals surface area contributed by atoms with E-state index >= 15 is 0 Å². The van der Waals surface area contributed by atoms with Crippen molar-refractivity contribution in [1.29, 1.82) is 0 Å². The van der Waals surface area contributed by atoms with Crippen molar-refractivity contribution in [2.24, 2.45) is 0 Å². The molecular formula is C24H28N6O4. The molecule has 10 nitrogen and oxygen atoms in total. The second-order valence-electron chi connectivity index (χ2n) is 8.94. The van der Waals surface area contributed by atoms with Crippen molar-refractivity contribution < 1.29 is 19.2 Å². The molecule has 2 N–H and O–H groups in total. The van der Waals surface area contributed by atoms with E-state index < -0.39 is 11.5 Å². The molecule has 1 saturated heterocycles. The van der Waals surface area contributed by atoms with Crippen molar-refractivity contribution >= 4 is 11.9 Å². The van der Waals surface area contributed by atoms with Crippen molar-refractivity contribution in [3.63, 3.8) is 0 Å². The van der Waals surface area contributed by atoms with Gasteiger partial charge in [-0.15, -0.1) is 0 Å². The number of rotatable bonds is 6. The van der Waals surface area contributed by atoms with Crippen LogP contribution in [0.3, 0.4) is 0 Å². The largest absolute Gasteiger partial charge is 0.381 e. The number of hydrogen-bond donors (Lipinski definition) is 2. The maximum Gasteiger partial charge on any atom is 0.262 e. The molecule has 0 bridgehead atoms. The predicted octanol–water partition coefficient (Wildman–Crippen LogP) is 2.61. The van der Waals surface area contributed by atoms with Crippen LogP contribution in [-0.4, -0.2) is 68.9 Å². The Kier molecular flexibility index (Phi) is 6.01. The van der Waals surface area contributed by atoms with Crippen LogP contribution >= 0.6 is 0 Å². The summed E-state index contributed by atoms with van der Waals surface area (Å²) < 4.78 is 10.8. The first-order chi connectivity index (χ1) is 16.5. The quantitative estimate of drug-likeness (QED) is 0.566. The van der Waals surface area contributed by atoms with Crippen LogP contribution in [0.5, 0.6) is 0 Å². The van der Waals surface area contributed by atoms with Crippen LogP contribution in [0.1, 0.15) is 37.9 Å². The zero-order valence-corrected chi connectivity index (χ0v) is 19.3. The Morgan fingerprint density at radius 1 is 1.12 bits per heavy atom. The van der Waals surface area contributed by atoms with E-state index in [1.165, 1.54) is 4.90 Å². The van der Waals surface area contributed by atoms with Gasteiger partial charge < -0.3 is 24.6 Å². The number of hydrogen-bond acceptors (Lipinski definition) is 9. The second-order valence-corrected chi connectivity index (χ2v) is 8.94. The maximum absolute atomic E-state index is 12.4. The topological polar surface area (TPSA) is 126 Å². The third kappa shape index (κ3) is 4.26. The van der Waals surface area contributed by atoms with Crippen molar-refractivity contribution in [1.82, 2.24) is 25.0 Å². The number of pyridine rings is 1. The van der Waals surface area contributed by atoms with Crippen molar-refractivity contribution in [2.45, 2.75) is 49.9 Å². The molecule has 1 aliphatic carbocycles. The zero-order valence-electron chi connectivity index (χ0n) is 19.3. The third-order valence-electron chi connectivity index (χ3n) is 6.70. The monoisotopic (exact) mass is 464 g/mol. The molecule has 1 saturated carbocycles. The van der Waals surface area contributed by atoms with Gasteiger partial charge in [0, 0.05) is 45.4 Å². The van der Waals surface area contributed by atoms with Gasteiger partial charge in [-0.2, -0.15) is 0 Å². The molecule has 34 heavy (non-hydrogen) atoms. The molecule has 178 valence electrons. The van der Waals surface area contributed by atoms with E-state index in [9.17, 15) is 9.90 Å². The minimum Gasteiger partial charge on any atom is -0.381 e.